The molecule has 26 heavy (non-hydrogen) atoms. The summed E-state index contributed by atoms with van der Waals surface area (Å²) in [5.41, 5.74) is 1.95. The zero-order valence-electron chi connectivity index (χ0n) is 14.5. The molecule has 6 heteroatoms. The van der Waals surface area contributed by atoms with E-state index < -0.39 is 0 Å². The Morgan fingerprint density at radius 3 is 2.65 bits per heavy atom. The molecule has 0 N–H and O–H groups in total. The molecule has 0 bridgehead atoms. The lowest BCUT2D eigenvalue weighted by Gasteiger charge is -2.34. The highest BCUT2D eigenvalue weighted by Gasteiger charge is 2.39. The SMILES string of the molecule is CC(=O)Oc1cc2c(s1)CCN([C@@H](C(=O)C1CC1)c1ccc(F)cc1)C2. The molecule has 136 valence electrons. The third kappa shape index (κ3) is 3.57. The van der Waals surface area contributed by atoms with Crippen molar-refractivity contribution in [2.75, 3.05) is 6.54 Å². The van der Waals surface area contributed by atoms with Gasteiger partial charge in [-0.1, -0.05) is 12.1 Å². The number of Topliss-reactive ketones (excluding diaryl/α,β-unsaturated/α-hetero) is 1. The van der Waals surface area contributed by atoms with Crippen molar-refractivity contribution in [3.8, 4) is 5.06 Å². The minimum absolute atomic E-state index is 0.130. The van der Waals surface area contributed by atoms with Gasteiger partial charge in [0.2, 0.25) is 0 Å². The number of rotatable bonds is 5. The van der Waals surface area contributed by atoms with Gasteiger partial charge in [-0.25, -0.2) is 4.39 Å². The molecule has 0 saturated heterocycles. The average Bonchev–Trinajstić information content (AvgIpc) is 3.37. The van der Waals surface area contributed by atoms with Crippen molar-refractivity contribution in [1.29, 1.82) is 0 Å². The van der Waals surface area contributed by atoms with E-state index in [1.165, 1.54) is 35.3 Å². The zero-order chi connectivity index (χ0) is 18.3. The average molecular weight is 373 g/mol. The Hall–Kier alpha value is -2.05. The van der Waals surface area contributed by atoms with Gasteiger partial charge < -0.3 is 4.74 Å². The van der Waals surface area contributed by atoms with Crippen LogP contribution in [0.2, 0.25) is 0 Å². The number of hydrogen-bond donors (Lipinski definition) is 0. The number of hydrogen-bond acceptors (Lipinski definition) is 5. The van der Waals surface area contributed by atoms with Gasteiger partial charge in [0.15, 0.2) is 10.8 Å². The number of nitrogens with zero attached hydrogens (tertiary/aromatic N) is 1. The number of carbonyl (C=O) groups is 2. The third-order valence-electron chi connectivity index (χ3n) is 4.92. The van der Waals surface area contributed by atoms with E-state index in [9.17, 15) is 14.0 Å². The Labute approximate surface area is 155 Å². The molecule has 2 aliphatic rings. The lowest BCUT2D eigenvalue weighted by atomic mass is 9.95. The number of thiophene rings is 1. The number of benzene rings is 1. The molecular formula is C20H20FNO3S. The maximum absolute atomic E-state index is 13.3. The largest absolute Gasteiger partial charge is 0.416 e. The molecule has 2 heterocycles. The number of halogens is 1. The lowest BCUT2D eigenvalue weighted by Crippen LogP contribution is -2.38. The zero-order valence-corrected chi connectivity index (χ0v) is 15.4. The molecule has 0 amide bonds. The van der Waals surface area contributed by atoms with Gasteiger partial charge in [-0.2, -0.15) is 0 Å². The summed E-state index contributed by atoms with van der Waals surface area (Å²) in [7, 11) is 0. The topological polar surface area (TPSA) is 46.6 Å². The Morgan fingerprint density at radius 2 is 2.00 bits per heavy atom. The highest BCUT2D eigenvalue weighted by molar-refractivity contribution is 7.14. The van der Waals surface area contributed by atoms with Gasteiger partial charge in [0.05, 0.1) is 6.04 Å². The number of ether oxygens (including phenoxy) is 1. The van der Waals surface area contributed by atoms with Gasteiger partial charge in [-0.05, 0) is 48.6 Å². The number of esters is 1. The number of ketones is 1. The van der Waals surface area contributed by atoms with Gasteiger partial charge >= 0.3 is 5.97 Å². The maximum atomic E-state index is 13.3. The van der Waals surface area contributed by atoms with E-state index in [0.29, 0.717) is 11.6 Å². The fraction of sp³-hybridized carbons (Fsp3) is 0.400. The van der Waals surface area contributed by atoms with Gasteiger partial charge in [-0.15, -0.1) is 11.3 Å². The summed E-state index contributed by atoms with van der Waals surface area (Å²) in [5, 5.41) is 0.608. The van der Waals surface area contributed by atoms with E-state index >= 15 is 0 Å². The van der Waals surface area contributed by atoms with Crippen LogP contribution in [0.5, 0.6) is 5.06 Å². The maximum Gasteiger partial charge on any atom is 0.308 e. The molecule has 1 fully saturated rings. The highest BCUT2D eigenvalue weighted by Crippen LogP contribution is 2.40. The lowest BCUT2D eigenvalue weighted by molar-refractivity contribution is -0.131. The monoisotopic (exact) mass is 373 g/mol. The minimum Gasteiger partial charge on any atom is -0.416 e. The van der Waals surface area contributed by atoms with E-state index in [1.807, 2.05) is 6.07 Å². The molecule has 1 saturated carbocycles. The van der Waals surface area contributed by atoms with Crippen molar-refractivity contribution in [1.82, 2.24) is 4.90 Å². The Morgan fingerprint density at radius 1 is 1.27 bits per heavy atom. The first-order valence-corrected chi connectivity index (χ1v) is 9.66. The second-order valence-corrected chi connectivity index (χ2v) is 8.06. The first-order valence-electron chi connectivity index (χ1n) is 8.84. The second-order valence-electron chi connectivity index (χ2n) is 6.96. The molecule has 4 rings (SSSR count). The van der Waals surface area contributed by atoms with Crippen LogP contribution in [0.3, 0.4) is 0 Å². The highest BCUT2D eigenvalue weighted by atomic mass is 32.1. The Kier molecular flexibility index (Phi) is 4.63. The molecule has 4 nitrogen and oxygen atoms in total. The predicted octanol–water partition coefficient (Wildman–Crippen LogP) is 3.89. The van der Waals surface area contributed by atoms with Gasteiger partial charge in [-0.3, -0.25) is 14.5 Å². The van der Waals surface area contributed by atoms with Gasteiger partial charge in [0.25, 0.3) is 0 Å². The molecule has 0 radical (unpaired) electrons. The standard InChI is InChI=1S/C20H20FNO3S/c1-12(23)25-18-10-15-11-22(9-8-17(15)26-18)19(20(24)14-2-3-14)13-4-6-16(21)7-5-13/h4-7,10,14,19H,2-3,8-9,11H2,1H3/t19-/m1/s1. The predicted molar refractivity (Wildman–Crippen MR) is 96.6 cm³/mol. The van der Waals surface area contributed by atoms with Gasteiger partial charge in [0, 0.05) is 30.8 Å². The second kappa shape index (κ2) is 6.93. The normalized spacial score (nSPS) is 18.2. The van der Waals surface area contributed by atoms with Crippen molar-refractivity contribution in [3.05, 3.63) is 52.2 Å². The van der Waals surface area contributed by atoms with Crippen molar-refractivity contribution in [2.24, 2.45) is 5.92 Å². The van der Waals surface area contributed by atoms with Crippen LogP contribution >= 0.6 is 11.3 Å². The van der Waals surface area contributed by atoms with E-state index in [-0.39, 0.29) is 29.5 Å². The van der Waals surface area contributed by atoms with E-state index in [4.69, 9.17) is 4.74 Å². The fourth-order valence-electron chi connectivity index (χ4n) is 3.53. The van der Waals surface area contributed by atoms with Crippen molar-refractivity contribution < 1.29 is 18.7 Å². The van der Waals surface area contributed by atoms with E-state index in [2.05, 4.69) is 4.90 Å². The Bertz CT molecular complexity index is 841. The van der Waals surface area contributed by atoms with Crippen LogP contribution < -0.4 is 4.74 Å². The van der Waals surface area contributed by atoms with E-state index in [1.54, 1.807) is 12.1 Å². The van der Waals surface area contributed by atoms with Crippen molar-refractivity contribution in [3.63, 3.8) is 0 Å². The number of carbonyl (C=O) groups excluding carboxylic acids is 2. The van der Waals surface area contributed by atoms with Crippen LogP contribution in [0, 0.1) is 11.7 Å². The summed E-state index contributed by atoms with van der Waals surface area (Å²) in [5.74, 6) is -0.259. The van der Waals surface area contributed by atoms with Crippen molar-refractivity contribution in [2.45, 2.75) is 38.8 Å². The molecule has 2 aromatic rings. The Balaban J connectivity index is 1.60. The van der Waals surface area contributed by atoms with E-state index in [0.717, 1.165) is 36.9 Å². The van der Waals surface area contributed by atoms with Crippen LogP contribution in [0.1, 0.15) is 41.8 Å². The molecule has 1 atom stereocenters. The molecule has 1 aromatic heterocycles. The van der Waals surface area contributed by atoms with Crippen LogP contribution in [0.4, 0.5) is 4.39 Å². The van der Waals surface area contributed by atoms with Crippen LogP contribution in [0.15, 0.2) is 30.3 Å². The molecule has 1 aromatic carbocycles. The molecule has 1 aliphatic heterocycles. The molecule has 0 spiro atoms. The number of fused-ring (bicyclic) bond motifs is 1. The smallest absolute Gasteiger partial charge is 0.308 e. The summed E-state index contributed by atoms with van der Waals surface area (Å²) >= 11 is 1.50. The molecule has 1 aliphatic carbocycles. The summed E-state index contributed by atoms with van der Waals surface area (Å²) < 4.78 is 18.5. The van der Waals surface area contributed by atoms with Crippen LogP contribution in [-0.2, 0) is 22.6 Å². The van der Waals surface area contributed by atoms with Crippen molar-refractivity contribution >= 4 is 23.1 Å². The third-order valence-corrected chi connectivity index (χ3v) is 6.03. The summed E-state index contributed by atoms with van der Waals surface area (Å²) in [6.45, 7) is 2.78. The first kappa shape index (κ1) is 17.4. The van der Waals surface area contributed by atoms with Crippen LogP contribution in [-0.4, -0.2) is 23.2 Å². The minimum atomic E-state index is -0.340. The fourth-order valence-corrected chi connectivity index (χ4v) is 4.58. The summed E-state index contributed by atoms with van der Waals surface area (Å²) in [4.78, 5) is 27.5. The summed E-state index contributed by atoms with van der Waals surface area (Å²) in [6, 6.07) is 7.83. The first-order chi connectivity index (χ1) is 12.5. The van der Waals surface area contributed by atoms with Crippen LogP contribution in [0.25, 0.3) is 0 Å². The summed E-state index contributed by atoms with van der Waals surface area (Å²) in [6.07, 6.45) is 2.71. The quantitative estimate of drug-likeness (QED) is 0.746. The molecular weight excluding hydrogens is 353 g/mol. The van der Waals surface area contributed by atoms with Gasteiger partial charge in [0.1, 0.15) is 5.82 Å². The molecule has 0 unspecified atom stereocenters.